The van der Waals surface area contributed by atoms with E-state index in [0.29, 0.717) is 12.3 Å². The van der Waals surface area contributed by atoms with Gasteiger partial charge in [-0.25, -0.2) is 9.78 Å². The number of ether oxygens (including phenoxy) is 1. The summed E-state index contributed by atoms with van der Waals surface area (Å²) in [6.45, 7) is 0. The van der Waals surface area contributed by atoms with Gasteiger partial charge in [0, 0.05) is 12.3 Å². The number of hydrogen-bond acceptors (Lipinski definition) is 3. The highest BCUT2D eigenvalue weighted by Gasteiger charge is 2.83. The third-order valence-corrected chi connectivity index (χ3v) is 2.33. The molecule has 0 aliphatic rings. The van der Waals surface area contributed by atoms with Gasteiger partial charge < -0.3 is 9.84 Å². The number of aromatic carboxylic acids is 1. The minimum Gasteiger partial charge on any atom is -0.478 e. The fourth-order valence-corrected chi connectivity index (χ4v) is 1.12. The molecule has 23 heavy (non-hydrogen) atoms. The molecule has 0 saturated heterocycles. The second-order valence-corrected chi connectivity index (χ2v) is 3.96. The van der Waals surface area contributed by atoms with E-state index in [2.05, 4.69) is 9.72 Å². The summed E-state index contributed by atoms with van der Waals surface area (Å²) in [7, 11) is 0. The van der Waals surface area contributed by atoms with E-state index in [9.17, 15) is 44.3 Å². The van der Waals surface area contributed by atoms with Gasteiger partial charge in [0.05, 0.1) is 5.56 Å². The topological polar surface area (TPSA) is 59.4 Å². The summed E-state index contributed by atoms with van der Waals surface area (Å²) in [6.07, 6.45) is -12.9. The second kappa shape index (κ2) is 5.45. The zero-order chi connectivity index (χ0) is 18.3. The number of rotatable bonds is 5. The Morgan fingerprint density at radius 3 is 1.83 bits per heavy atom. The van der Waals surface area contributed by atoms with Crippen molar-refractivity contribution < 1.29 is 54.2 Å². The first kappa shape index (κ1) is 18.8. The Labute approximate surface area is 120 Å². The summed E-state index contributed by atoms with van der Waals surface area (Å²) in [5.41, 5.74) is -0.604. The van der Waals surface area contributed by atoms with Gasteiger partial charge in [-0.15, -0.1) is 0 Å². The van der Waals surface area contributed by atoms with E-state index < -0.39 is 41.5 Å². The predicted molar refractivity (Wildman–Crippen MR) is 52.7 cm³/mol. The second-order valence-electron chi connectivity index (χ2n) is 3.96. The van der Waals surface area contributed by atoms with Crippen molar-refractivity contribution in [3.8, 4) is 5.88 Å². The van der Waals surface area contributed by atoms with Crippen LogP contribution >= 0.6 is 0 Å². The number of carboxylic acid groups (broad SMARTS) is 1. The van der Waals surface area contributed by atoms with E-state index in [-0.39, 0.29) is 6.07 Å². The third-order valence-electron chi connectivity index (χ3n) is 2.33. The summed E-state index contributed by atoms with van der Waals surface area (Å²) in [4.78, 5) is 13.2. The highest BCUT2D eigenvalue weighted by atomic mass is 19.4. The fourth-order valence-electron chi connectivity index (χ4n) is 1.12. The lowest BCUT2D eigenvalue weighted by Crippen LogP contribution is -2.62. The van der Waals surface area contributed by atoms with Crippen LogP contribution in [0.2, 0.25) is 0 Å². The number of nitrogens with zero attached hydrogens (tertiary/aromatic N) is 1. The van der Waals surface area contributed by atoms with Crippen LogP contribution in [-0.4, -0.2) is 40.2 Å². The molecular formula is C10H4F9NO3. The van der Waals surface area contributed by atoms with Gasteiger partial charge in [-0.3, -0.25) is 0 Å². The number of carbonyl (C=O) groups is 1. The maximum Gasteiger partial charge on any atom is 0.472 e. The minimum absolute atomic E-state index is 0.277. The van der Waals surface area contributed by atoms with Crippen molar-refractivity contribution in [2.45, 2.75) is 24.1 Å². The number of alkyl halides is 9. The Bertz CT molecular complexity index is 582. The molecule has 0 atom stereocenters. The summed E-state index contributed by atoms with van der Waals surface area (Å²) >= 11 is 0. The number of hydrogen-bond donors (Lipinski definition) is 1. The first-order chi connectivity index (χ1) is 10.1. The molecule has 0 radical (unpaired) electrons. The van der Waals surface area contributed by atoms with Gasteiger partial charge >= 0.3 is 30.1 Å². The quantitative estimate of drug-likeness (QED) is 0.819. The van der Waals surface area contributed by atoms with E-state index in [1.807, 2.05) is 0 Å². The first-order valence-corrected chi connectivity index (χ1v) is 5.22. The van der Waals surface area contributed by atoms with Crippen LogP contribution in [0.3, 0.4) is 0 Å². The lowest BCUT2D eigenvalue weighted by Gasteiger charge is -2.32. The monoisotopic (exact) mass is 357 g/mol. The number of pyridine rings is 1. The van der Waals surface area contributed by atoms with Crippen LogP contribution in [-0.2, 0) is 0 Å². The van der Waals surface area contributed by atoms with Gasteiger partial charge in [-0.2, -0.15) is 39.5 Å². The average Bonchev–Trinajstić information content (AvgIpc) is 2.37. The van der Waals surface area contributed by atoms with Crippen molar-refractivity contribution in [3.05, 3.63) is 23.9 Å². The maximum absolute atomic E-state index is 13.1. The smallest absolute Gasteiger partial charge is 0.472 e. The molecule has 1 heterocycles. The van der Waals surface area contributed by atoms with E-state index in [0.717, 1.165) is 0 Å². The Morgan fingerprint density at radius 1 is 0.957 bits per heavy atom. The zero-order valence-corrected chi connectivity index (χ0v) is 10.3. The zero-order valence-electron chi connectivity index (χ0n) is 10.3. The highest BCUT2D eigenvalue weighted by molar-refractivity contribution is 5.87. The maximum atomic E-state index is 13.1. The minimum atomic E-state index is -7.09. The van der Waals surface area contributed by atoms with Crippen molar-refractivity contribution in [1.82, 2.24) is 4.98 Å². The van der Waals surface area contributed by atoms with E-state index >= 15 is 0 Å². The van der Waals surface area contributed by atoms with Crippen LogP contribution in [0.15, 0.2) is 18.3 Å². The SMILES string of the molecule is O=C(O)c1ccc(OC(F)(F)C(F)(F)C(F)(F)C(F)(F)F)nc1. The predicted octanol–water partition coefficient (Wildman–Crippen LogP) is 3.58. The van der Waals surface area contributed by atoms with E-state index in [1.54, 1.807) is 0 Å². The Kier molecular flexibility index (Phi) is 4.47. The van der Waals surface area contributed by atoms with Crippen molar-refractivity contribution in [1.29, 1.82) is 0 Å². The van der Waals surface area contributed by atoms with Crippen LogP contribution in [0.25, 0.3) is 0 Å². The Morgan fingerprint density at radius 2 is 1.48 bits per heavy atom. The first-order valence-electron chi connectivity index (χ1n) is 5.22. The molecule has 0 aliphatic heterocycles. The van der Waals surface area contributed by atoms with Crippen molar-refractivity contribution in [2.75, 3.05) is 0 Å². The van der Waals surface area contributed by atoms with Crippen LogP contribution in [0.4, 0.5) is 39.5 Å². The van der Waals surface area contributed by atoms with E-state index in [1.165, 1.54) is 0 Å². The molecule has 0 bridgehead atoms. The summed E-state index contributed by atoms with van der Waals surface area (Å²) in [6, 6.07) is 0.806. The molecule has 0 amide bonds. The summed E-state index contributed by atoms with van der Waals surface area (Å²) in [5, 5.41) is 8.46. The molecule has 13 heteroatoms. The molecule has 4 nitrogen and oxygen atoms in total. The molecule has 1 aromatic rings. The third kappa shape index (κ3) is 3.27. The van der Waals surface area contributed by atoms with Gasteiger partial charge in [0.25, 0.3) is 0 Å². The van der Waals surface area contributed by atoms with Gasteiger partial charge in [0.15, 0.2) is 0 Å². The van der Waals surface area contributed by atoms with Gasteiger partial charge in [-0.05, 0) is 6.07 Å². The van der Waals surface area contributed by atoms with Gasteiger partial charge in [0.1, 0.15) is 0 Å². The molecule has 1 N–H and O–H groups in total. The molecule has 0 saturated carbocycles. The summed E-state index contributed by atoms with van der Waals surface area (Å²) in [5.74, 6) is -17.1. The average molecular weight is 357 g/mol. The molecule has 0 fully saturated rings. The van der Waals surface area contributed by atoms with Crippen molar-refractivity contribution >= 4 is 5.97 Å². The lowest BCUT2D eigenvalue weighted by atomic mass is 10.1. The molecule has 0 spiro atoms. The van der Waals surface area contributed by atoms with E-state index in [4.69, 9.17) is 5.11 Å². The van der Waals surface area contributed by atoms with Gasteiger partial charge in [-0.1, -0.05) is 0 Å². The fraction of sp³-hybridized carbons (Fsp3) is 0.400. The van der Waals surface area contributed by atoms with Gasteiger partial charge in [0.2, 0.25) is 5.88 Å². The Balaban J connectivity index is 3.12. The van der Waals surface area contributed by atoms with Crippen LogP contribution in [0.5, 0.6) is 5.88 Å². The van der Waals surface area contributed by atoms with Crippen molar-refractivity contribution in [2.24, 2.45) is 0 Å². The standard InChI is InChI=1S/C10H4F9NO3/c11-7(12,9(15,16)17)8(13,14)10(18,19)23-5-2-1-4(3-20-5)6(21)22/h1-3H,(H,21,22). The number of halogens is 9. The molecule has 0 aromatic carbocycles. The highest BCUT2D eigenvalue weighted by Crippen LogP contribution is 2.53. The van der Waals surface area contributed by atoms with Crippen molar-refractivity contribution in [3.63, 3.8) is 0 Å². The summed E-state index contributed by atoms with van der Waals surface area (Å²) < 4.78 is 116. The lowest BCUT2D eigenvalue weighted by molar-refractivity contribution is -0.428. The number of carboxylic acids is 1. The van der Waals surface area contributed by atoms with Crippen LogP contribution in [0, 0.1) is 0 Å². The molecule has 1 rings (SSSR count). The normalized spacial score (nSPS) is 13.8. The molecular weight excluding hydrogens is 353 g/mol. The largest absolute Gasteiger partial charge is 0.478 e. The Hall–Kier alpha value is -2.21. The number of aromatic nitrogens is 1. The molecule has 0 aliphatic carbocycles. The molecule has 130 valence electrons. The molecule has 1 aromatic heterocycles. The van der Waals surface area contributed by atoms with Crippen LogP contribution < -0.4 is 4.74 Å². The van der Waals surface area contributed by atoms with Crippen LogP contribution in [0.1, 0.15) is 10.4 Å². The molecule has 0 unspecified atom stereocenters.